The maximum absolute atomic E-state index is 11.6. The number of benzene rings is 1. The molecule has 0 saturated heterocycles. The van der Waals surface area contributed by atoms with Crippen LogP contribution in [0.15, 0.2) is 33.6 Å². The van der Waals surface area contributed by atoms with E-state index in [1.165, 1.54) is 19.2 Å². The second kappa shape index (κ2) is 4.77. The Labute approximate surface area is 106 Å². The fourth-order valence-corrected chi connectivity index (χ4v) is 1.59. The molecular weight excluding hydrogens is 254 g/mol. The molecule has 8 nitrogen and oxygen atoms in total. The van der Waals surface area contributed by atoms with Crippen molar-refractivity contribution in [1.82, 2.24) is 5.27 Å². The number of hydrogen-bond donors (Lipinski definition) is 2. The molecule has 19 heavy (non-hydrogen) atoms. The SMILES string of the molecule is COC(=O)c1ccccc1-[n+]1[nH]oc(=O)c1C(=N)[O-]. The van der Waals surface area contributed by atoms with Gasteiger partial charge in [-0.05, 0) is 16.0 Å². The van der Waals surface area contributed by atoms with Gasteiger partial charge in [-0.2, -0.15) is 0 Å². The number of nitrogens with one attached hydrogen (secondary N) is 2. The Morgan fingerprint density at radius 3 is 2.79 bits per heavy atom. The second-order valence-electron chi connectivity index (χ2n) is 3.50. The first kappa shape index (κ1) is 12.6. The molecule has 0 saturated carbocycles. The van der Waals surface area contributed by atoms with Crippen LogP contribution in [-0.2, 0) is 4.74 Å². The summed E-state index contributed by atoms with van der Waals surface area (Å²) in [5.41, 5.74) is -1.22. The molecule has 0 aliphatic rings. The lowest BCUT2D eigenvalue weighted by Crippen LogP contribution is -2.45. The van der Waals surface area contributed by atoms with Gasteiger partial charge in [0.1, 0.15) is 5.56 Å². The number of carbonyl (C=O) groups is 1. The highest BCUT2D eigenvalue weighted by Crippen LogP contribution is 2.09. The lowest BCUT2D eigenvalue weighted by Gasteiger charge is -2.02. The van der Waals surface area contributed by atoms with Crippen LogP contribution in [0.4, 0.5) is 0 Å². The smallest absolute Gasteiger partial charge is 0.436 e. The van der Waals surface area contributed by atoms with Crippen molar-refractivity contribution >= 4 is 11.9 Å². The number of rotatable bonds is 3. The van der Waals surface area contributed by atoms with Crippen molar-refractivity contribution in [2.75, 3.05) is 7.11 Å². The predicted octanol–water partition coefficient (Wildman–Crippen LogP) is -1.28. The number of esters is 1. The highest BCUT2D eigenvalue weighted by Gasteiger charge is 2.28. The number of para-hydroxylation sites is 1. The maximum atomic E-state index is 11.6. The largest absolute Gasteiger partial charge is 0.854 e. The molecule has 0 amide bonds. The first-order valence-electron chi connectivity index (χ1n) is 5.13. The van der Waals surface area contributed by atoms with Gasteiger partial charge in [-0.25, -0.2) is 9.59 Å². The summed E-state index contributed by atoms with van der Waals surface area (Å²) in [5, 5.41) is 20.3. The fourth-order valence-electron chi connectivity index (χ4n) is 1.59. The average molecular weight is 263 g/mol. The van der Waals surface area contributed by atoms with Gasteiger partial charge < -0.3 is 15.3 Å². The standard InChI is InChI=1S/C11H9N3O5/c1-18-10(16)6-4-2-3-5-7(6)14-8(9(12)15)11(17)19-13-14/h2-5H,1H3,(H2-,12,13,15,17). The molecule has 1 heterocycles. The van der Waals surface area contributed by atoms with Crippen molar-refractivity contribution in [2.45, 2.75) is 0 Å². The maximum Gasteiger partial charge on any atom is 0.436 e. The van der Waals surface area contributed by atoms with Crippen molar-refractivity contribution in [2.24, 2.45) is 0 Å². The minimum Gasteiger partial charge on any atom is -0.854 e. The van der Waals surface area contributed by atoms with Crippen LogP contribution in [0.2, 0.25) is 0 Å². The van der Waals surface area contributed by atoms with Crippen LogP contribution in [0.3, 0.4) is 0 Å². The summed E-state index contributed by atoms with van der Waals surface area (Å²) in [5.74, 6) is -1.87. The summed E-state index contributed by atoms with van der Waals surface area (Å²) in [4.78, 5) is 22.9. The average Bonchev–Trinajstić information content (AvgIpc) is 2.79. The number of ether oxygens (including phenoxy) is 1. The molecule has 2 rings (SSSR count). The Morgan fingerprint density at radius 1 is 1.47 bits per heavy atom. The van der Waals surface area contributed by atoms with E-state index >= 15 is 0 Å². The molecule has 0 spiro atoms. The number of methoxy groups -OCH3 is 1. The Bertz CT molecular complexity index is 700. The monoisotopic (exact) mass is 263 g/mol. The number of H-pyrrole nitrogens is 1. The molecule has 0 aliphatic heterocycles. The van der Waals surface area contributed by atoms with Crippen molar-refractivity contribution < 1.29 is 23.8 Å². The minimum atomic E-state index is -1.23. The van der Waals surface area contributed by atoms with E-state index in [1.54, 1.807) is 12.1 Å². The third kappa shape index (κ3) is 2.10. The van der Waals surface area contributed by atoms with Gasteiger partial charge in [-0.15, -0.1) is 0 Å². The molecule has 0 aliphatic carbocycles. The Balaban J connectivity index is 2.70. The van der Waals surface area contributed by atoms with E-state index in [-0.39, 0.29) is 11.3 Å². The summed E-state index contributed by atoms with van der Waals surface area (Å²) >= 11 is 0. The zero-order valence-electron chi connectivity index (χ0n) is 9.80. The van der Waals surface area contributed by atoms with Crippen molar-refractivity contribution in [3.63, 3.8) is 0 Å². The van der Waals surface area contributed by atoms with Gasteiger partial charge in [0, 0.05) is 6.07 Å². The van der Waals surface area contributed by atoms with E-state index in [4.69, 9.17) is 5.41 Å². The van der Waals surface area contributed by atoms with Crippen molar-refractivity contribution in [3.8, 4) is 5.69 Å². The van der Waals surface area contributed by atoms with Crippen LogP contribution in [0, 0.1) is 5.41 Å². The number of hydrogen-bond acceptors (Lipinski definition) is 6. The van der Waals surface area contributed by atoms with Crippen LogP contribution in [0.25, 0.3) is 5.69 Å². The quantitative estimate of drug-likeness (QED) is 0.309. The molecule has 1 aromatic heterocycles. The first-order chi connectivity index (χ1) is 9.06. The van der Waals surface area contributed by atoms with Gasteiger partial charge in [0.2, 0.25) is 0 Å². The minimum absolute atomic E-state index is 0.120. The molecule has 0 radical (unpaired) electrons. The zero-order valence-corrected chi connectivity index (χ0v) is 9.80. The summed E-state index contributed by atoms with van der Waals surface area (Å²) in [7, 11) is 1.21. The molecule has 1 aromatic carbocycles. The van der Waals surface area contributed by atoms with Crippen LogP contribution in [0.1, 0.15) is 16.1 Å². The van der Waals surface area contributed by atoms with E-state index in [2.05, 4.69) is 14.5 Å². The highest BCUT2D eigenvalue weighted by atomic mass is 16.5. The normalized spacial score (nSPS) is 10.2. The van der Waals surface area contributed by atoms with Gasteiger partial charge in [-0.3, -0.25) is 4.52 Å². The molecule has 98 valence electrons. The summed E-state index contributed by atoms with van der Waals surface area (Å²) in [6.07, 6.45) is 0. The van der Waals surface area contributed by atoms with E-state index in [9.17, 15) is 14.7 Å². The van der Waals surface area contributed by atoms with Crippen LogP contribution < -0.4 is 15.4 Å². The van der Waals surface area contributed by atoms with Gasteiger partial charge in [0.15, 0.2) is 0 Å². The van der Waals surface area contributed by atoms with E-state index in [0.29, 0.717) is 0 Å². The fraction of sp³-hybridized carbons (Fsp3) is 0.0909. The van der Waals surface area contributed by atoms with Crippen LogP contribution in [-0.4, -0.2) is 24.2 Å². The van der Waals surface area contributed by atoms with Crippen LogP contribution >= 0.6 is 0 Å². The number of aromatic nitrogens is 2. The lowest BCUT2D eigenvalue weighted by molar-refractivity contribution is -0.673. The second-order valence-corrected chi connectivity index (χ2v) is 3.50. The van der Waals surface area contributed by atoms with Gasteiger partial charge in [0.05, 0.1) is 13.0 Å². The Morgan fingerprint density at radius 2 is 2.16 bits per heavy atom. The lowest BCUT2D eigenvalue weighted by atomic mass is 10.2. The van der Waals surface area contributed by atoms with Gasteiger partial charge in [-0.1, -0.05) is 12.1 Å². The van der Waals surface area contributed by atoms with Crippen molar-refractivity contribution in [3.05, 3.63) is 45.9 Å². The molecule has 2 aromatic rings. The van der Waals surface area contributed by atoms with Gasteiger partial charge in [0.25, 0.3) is 5.69 Å². The number of carbonyl (C=O) groups excluding carboxylic acids is 1. The summed E-state index contributed by atoms with van der Waals surface area (Å²) in [6.45, 7) is 0. The highest BCUT2D eigenvalue weighted by molar-refractivity contribution is 5.92. The van der Waals surface area contributed by atoms with E-state index in [0.717, 1.165) is 4.68 Å². The predicted molar refractivity (Wildman–Crippen MR) is 59.0 cm³/mol. The molecule has 0 fully saturated rings. The number of nitrogens with zero attached hydrogens (tertiary/aromatic N) is 1. The first-order valence-corrected chi connectivity index (χ1v) is 5.13. The third-order valence-electron chi connectivity index (χ3n) is 2.41. The summed E-state index contributed by atoms with van der Waals surface area (Å²) in [6, 6.07) is 6.12. The third-order valence-corrected chi connectivity index (χ3v) is 2.41. The zero-order chi connectivity index (χ0) is 14.0. The summed E-state index contributed by atoms with van der Waals surface area (Å²) < 4.78 is 10.0. The molecule has 0 unspecified atom stereocenters. The van der Waals surface area contributed by atoms with E-state index < -0.39 is 23.2 Å². The van der Waals surface area contributed by atoms with Crippen molar-refractivity contribution in [1.29, 1.82) is 5.41 Å². The molecule has 2 N–H and O–H groups in total. The number of aromatic amines is 1. The van der Waals surface area contributed by atoms with Gasteiger partial charge >= 0.3 is 17.3 Å². The molecule has 0 bridgehead atoms. The Kier molecular flexibility index (Phi) is 3.15. The molecule has 0 atom stereocenters. The van der Waals surface area contributed by atoms with E-state index in [1.807, 2.05) is 0 Å². The topological polar surface area (TPSA) is 123 Å². The van der Waals surface area contributed by atoms with Crippen LogP contribution in [0.5, 0.6) is 0 Å². The molecular formula is C11H9N3O5. The Hall–Kier alpha value is -2.90. The molecule has 8 heteroatoms.